The summed E-state index contributed by atoms with van der Waals surface area (Å²) in [5.41, 5.74) is 0.664. The van der Waals surface area contributed by atoms with E-state index in [-0.39, 0.29) is 21.4 Å². The van der Waals surface area contributed by atoms with Gasteiger partial charge >= 0.3 is 0 Å². The number of nitrogens with one attached hydrogen (secondary N) is 3. The summed E-state index contributed by atoms with van der Waals surface area (Å²) in [6.07, 6.45) is 1.04. The Hall–Kier alpha value is -2.76. The molecule has 0 heterocycles. The Kier molecular flexibility index (Phi) is 6.77. The van der Waals surface area contributed by atoms with E-state index < -0.39 is 31.8 Å². The third-order valence-corrected chi connectivity index (χ3v) is 6.41. The number of hydrogen-bond acceptors (Lipinski definition) is 6. The number of sulfonamides is 1. The van der Waals surface area contributed by atoms with Crippen LogP contribution >= 0.6 is 0 Å². The van der Waals surface area contributed by atoms with E-state index in [1.807, 2.05) is 0 Å². The smallest absolute Gasteiger partial charge is 0.242 e. The SMILES string of the molecule is CC(=O)Nc1ccc(S(=O)(=O)N[C@@H](C)C(=O)Nc2cccc(S(C)(=O)=O)c2)cc1. The molecule has 0 saturated carbocycles. The van der Waals surface area contributed by atoms with Gasteiger partial charge in [0.05, 0.1) is 15.8 Å². The molecule has 0 radical (unpaired) electrons. The first kappa shape index (κ1) is 22.5. The molecule has 9 nitrogen and oxygen atoms in total. The predicted octanol–water partition coefficient (Wildman–Crippen LogP) is 1.35. The third kappa shape index (κ3) is 6.38. The molecule has 0 bridgehead atoms. The summed E-state index contributed by atoms with van der Waals surface area (Å²) in [6, 6.07) is 9.97. The molecule has 2 aromatic rings. The fraction of sp³-hybridized carbons (Fsp3) is 0.222. The van der Waals surface area contributed by atoms with Crippen LogP contribution in [0.3, 0.4) is 0 Å². The summed E-state index contributed by atoms with van der Waals surface area (Å²) >= 11 is 0. The summed E-state index contributed by atoms with van der Waals surface area (Å²) in [5.74, 6) is -0.946. The van der Waals surface area contributed by atoms with Gasteiger partial charge in [0.1, 0.15) is 0 Å². The fourth-order valence-electron chi connectivity index (χ4n) is 2.33. The van der Waals surface area contributed by atoms with Crippen LogP contribution in [0.2, 0.25) is 0 Å². The summed E-state index contributed by atoms with van der Waals surface area (Å²) in [6.45, 7) is 2.69. The maximum absolute atomic E-state index is 12.5. The number of amides is 2. The molecule has 0 aliphatic rings. The van der Waals surface area contributed by atoms with Crippen molar-refractivity contribution in [3.05, 3.63) is 48.5 Å². The van der Waals surface area contributed by atoms with E-state index in [2.05, 4.69) is 15.4 Å². The topological polar surface area (TPSA) is 139 Å². The first-order chi connectivity index (χ1) is 13.4. The second-order valence-corrected chi connectivity index (χ2v) is 10.1. The van der Waals surface area contributed by atoms with Crippen LogP contribution in [0.15, 0.2) is 58.3 Å². The zero-order valence-electron chi connectivity index (χ0n) is 16.0. The van der Waals surface area contributed by atoms with E-state index in [1.165, 1.54) is 62.4 Å². The molecule has 3 N–H and O–H groups in total. The number of carbonyl (C=O) groups excluding carboxylic acids is 2. The zero-order valence-corrected chi connectivity index (χ0v) is 17.6. The summed E-state index contributed by atoms with van der Waals surface area (Å²) < 4.78 is 50.4. The van der Waals surface area contributed by atoms with Crippen LogP contribution < -0.4 is 15.4 Å². The molecule has 0 aliphatic heterocycles. The van der Waals surface area contributed by atoms with Crippen molar-refractivity contribution in [2.75, 3.05) is 16.9 Å². The lowest BCUT2D eigenvalue weighted by Crippen LogP contribution is -2.41. The van der Waals surface area contributed by atoms with Crippen LogP contribution in [0.25, 0.3) is 0 Å². The Morgan fingerprint density at radius 3 is 2.03 bits per heavy atom. The highest BCUT2D eigenvalue weighted by molar-refractivity contribution is 7.90. The quantitative estimate of drug-likeness (QED) is 0.595. The van der Waals surface area contributed by atoms with Crippen molar-refractivity contribution in [1.29, 1.82) is 0 Å². The molecule has 0 unspecified atom stereocenters. The van der Waals surface area contributed by atoms with E-state index in [0.717, 1.165) is 6.26 Å². The molecule has 0 saturated heterocycles. The highest BCUT2D eigenvalue weighted by Crippen LogP contribution is 2.17. The molecule has 2 rings (SSSR count). The summed E-state index contributed by atoms with van der Waals surface area (Å²) in [4.78, 5) is 23.3. The molecular weight excluding hydrogens is 418 g/mol. The van der Waals surface area contributed by atoms with Gasteiger partial charge in [0.15, 0.2) is 9.84 Å². The number of hydrogen-bond donors (Lipinski definition) is 3. The van der Waals surface area contributed by atoms with Crippen molar-refractivity contribution in [2.24, 2.45) is 0 Å². The Bertz CT molecular complexity index is 1130. The normalized spacial score (nSPS) is 12.8. The number of anilines is 2. The number of rotatable bonds is 7. The second kappa shape index (κ2) is 8.72. The molecule has 0 aromatic heterocycles. The van der Waals surface area contributed by atoms with E-state index >= 15 is 0 Å². The average Bonchev–Trinajstić information content (AvgIpc) is 2.60. The molecule has 0 fully saturated rings. The van der Waals surface area contributed by atoms with Crippen molar-refractivity contribution in [3.8, 4) is 0 Å². The lowest BCUT2D eigenvalue weighted by Gasteiger charge is -2.15. The average molecular weight is 440 g/mol. The van der Waals surface area contributed by atoms with Gasteiger partial charge in [0.25, 0.3) is 0 Å². The minimum atomic E-state index is -3.99. The Morgan fingerprint density at radius 2 is 1.48 bits per heavy atom. The van der Waals surface area contributed by atoms with Crippen LogP contribution in [0.1, 0.15) is 13.8 Å². The second-order valence-electron chi connectivity index (χ2n) is 6.34. The molecular formula is C18H21N3O6S2. The Morgan fingerprint density at radius 1 is 0.862 bits per heavy atom. The van der Waals surface area contributed by atoms with Crippen molar-refractivity contribution >= 4 is 43.0 Å². The van der Waals surface area contributed by atoms with Gasteiger partial charge in [-0.15, -0.1) is 0 Å². The van der Waals surface area contributed by atoms with Gasteiger partial charge in [0.2, 0.25) is 21.8 Å². The van der Waals surface area contributed by atoms with Crippen LogP contribution in [0, 0.1) is 0 Å². The maximum atomic E-state index is 12.5. The zero-order chi connectivity index (χ0) is 21.8. The molecule has 0 aliphatic carbocycles. The monoisotopic (exact) mass is 439 g/mol. The van der Waals surface area contributed by atoms with E-state index in [0.29, 0.717) is 5.69 Å². The first-order valence-electron chi connectivity index (χ1n) is 8.39. The highest BCUT2D eigenvalue weighted by atomic mass is 32.2. The van der Waals surface area contributed by atoms with Gasteiger partial charge in [-0.2, -0.15) is 4.72 Å². The molecule has 156 valence electrons. The molecule has 29 heavy (non-hydrogen) atoms. The van der Waals surface area contributed by atoms with Crippen LogP contribution in [0.4, 0.5) is 11.4 Å². The minimum Gasteiger partial charge on any atom is -0.326 e. The van der Waals surface area contributed by atoms with Crippen LogP contribution in [-0.4, -0.2) is 40.9 Å². The third-order valence-electron chi connectivity index (χ3n) is 3.74. The first-order valence-corrected chi connectivity index (χ1v) is 11.8. The number of carbonyl (C=O) groups is 2. The van der Waals surface area contributed by atoms with E-state index in [9.17, 15) is 26.4 Å². The summed E-state index contributed by atoms with van der Waals surface area (Å²) in [5, 5.41) is 5.00. The van der Waals surface area contributed by atoms with E-state index in [1.54, 1.807) is 0 Å². The van der Waals surface area contributed by atoms with Gasteiger partial charge in [-0.3, -0.25) is 9.59 Å². The molecule has 2 amide bonds. The van der Waals surface area contributed by atoms with Crippen LogP contribution in [-0.2, 0) is 29.4 Å². The van der Waals surface area contributed by atoms with Crippen molar-refractivity contribution in [2.45, 2.75) is 29.7 Å². The highest BCUT2D eigenvalue weighted by Gasteiger charge is 2.22. The molecule has 11 heteroatoms. The standard InChI is InChI=1S/C18H21N3O6S2/c1-12(18(23)20-15-5-4-6-17(11-15)28(3,24)25)21-29(26,27)16-9-7-14(8-10-16)19-13(2)22/h4-12,21H,1-3H3,(H,19,22)(H,20,23)/t12-/m0/s1. The lowest BCUT2D eigenvalue weighted by atomic mass is 10.3. The Labute approximate surface area is 169 Å². The molecule has 0 spiro atoms. The van der Waals surface area contributed by atoms with Gasteiger partial charge in [0, 0.05) is 24.6 Å². The molecule has 2 aromatic carbocycles. The van der Waals surface area contributed by atoms with Crippen LogP contribution in [0.5, 0.6) is 0 Å². The van der Waals surface area contributed by atoms with Crippen molar-refractivity contribution in [3.63, 3.8) is 0 Å². The van der Waals surface area contributed by atoms with E-state index in [4.69, 9.17) is 0 Å². The lowest BCUT2D eigenvalue weighted by molar-refractivity contribution is -0.117. The van der Waals surface area contributed by atoms with Gasteiger partial charge in [-0.05, 0) is 49.4 Å². The maximum Gasteiger partial charge on any atom is 0.242 e. The van der Waals surface area contributed by atoms with Crippen molar-refractivity contribution in [1.82, 2.24) is 4.72 Å². The number of sulfone groups is 1. The fourth-order valence-corrected chi connectivity index (χ4v) is 4.20. The van der Waals surface area contributed by atoms with Gasteiger partial charge in [-0.1, -0.05) is 6.07 Å². The number of benzene rings is 2. The minimum absolute atomic E-state index is 0.0304. The summed E-state index contributed by atoms with van der Waals surface area (Å²) in [7, 11) is -7.44. The molecule has 1 atom stereocenters. The van der Waals surface area contributed by atoms with Gasteiger partial charge in [-0.25, -0.2) is 16.8 Å². The Balaban J connectivity index is 2.09. The largest absolute Gasteiger partial charge is 0.326 e. The predicted molar refractivity (Wildman–Crippen MR) is 109 cm³/mol. The van der Waals surface area contributed by atoms with Gasteiger partial charge < -0.3 is 10.6 Å². The van der Waals surface area contributed by atoms with Crippen molar-refractivity contribution < 1.29 is 26.4 Å².